The van der Waals surface area contributed by atoms with Gasteiger partial charge in [0.25, 0.3) is 0 Å². The van der Waals surface area contributed by atoms with Gasteiger partial charge in [-0.2, -0.15) is 0 Å². The minimum atomic E-state index is -0.00759. The molecule has 0 radical (unpaired) electrons. The molecule has 0 aromatic carbocycles. The summed E-state index contributed by atoms with van der Waals surface area (Å²) in [5.74, 6) is 0.500. The van der Waals surface area contributed by atoms with Gasteiger partial charge >= 0.3 is 5.97 Å². The predicted molar refractivity (Wildman–Crippen MR) is 54.4 cm³/mol. The van der Waals surface area contributed by atoms with E-state index in [-0.39, 0.29) is 11.9 Å². The van der Waals surface area contributed by atoms with Crippen molar-refractivity contribution in [1.29, 1.82) is 0 Å². The molecule has 1 aliphatic carbocycles. The fraction of sp³-hybridized carbons (Fsp3) is 0.818. The molecule has 1 saturated carbocycles. The second-order valence-electron chi connectivity index (χ2n) is 4.02. The summed E-state index contributed by atoms with van der Waals surface area (Å²) in [4.78, 5) is 16.2. The highest BCUT2D eigenvalue weighted by molar-refractivity contribution is 5.93. The van der Waals surface area contributed by atoms with E-state index in [1.165, 1.54) is 12.1 Å². The number of esters is 1. The van der Waals surface area contributed by atoms with Gasteiger partial charge in [0, 0.05) is 18.2 Å². The van der Waals surface area contributed by atoms with Gasteiger partial charge in [-0.05, 0) is 32.6 Å². The quantitative estimate of drug-likeness (QED) is 0.630. The van der Waals surface area contributed by atoms with Crippen LogP contribution in [0.25, 0.3) is 0 Å². The maximum atomic E-state index is 11.7. The standard InChI is InChI=1S/C11H17NO2/c1-2-14-11(13)9-6-7-12-10-5-3-4-8(9)10/h8-9H,2-7H2,1H3. The first kappa shape index (κ1) is 9.69. The molecule has 2 unspecified atom stereocenters. The van der Waals surface area contributed by atoms with Gasteiger partial charge in [-0.1, -0.05) is 0 Å². The highest BCUT2D eigenvalue weighted by Crippen LogP contribution is 2.35. The number of hydrogen-bond acceptors (Lipinski definition) is 3. The van der Waals surface area contributed by atoms with E-state index in [1.54, 1.807) is 0 Å². The molecule has 0 saturated heterocycles. The minimum Gasteiger partial charge on any atom is -0.466 e. The Morgan fingerprint density at radius 1 is 1.57 bits per heavy atom. The molecule has 2 aliphatic rings. The lowest BCUT2D eigenvalue weighted by Gasteiger charge is -2.25. The molecule has 2 rings (SSSR count). The molecule has 14 heavy (non-hydrogen) atoms. The SMILES string of the molecule is CCOC(=O)C1CCN=C2CCCC21. The van der Waals surface area contributed by atoms with E-state index in [0.29, 0.717) is 12.5 Å². The van der Waals surface area contributed by atoms with E-state index >= 15 is 0 Å². The van der Waals surface area contributed by atoms with Crippen molar-refractivity contribution in [3.05, 3.63) is 0 Å². The Bertz CT molecular complexity index is 260. The van der Waals surface area contributed by atoms with Crippen molar-refractivity contribution in [3.8, 4) is 0 Å². The number of rotatable bonds is 2. The second-order valence-corrected chi connectivity index (χ2v) is 4.02. The van der Waals surface area contributed by atoms with E-state index in [2.05, 4.69) is 4.99 Å². The number of ether oxygens (including phenoxy) is 1. The normalized spacial score (nSPS) is 30.8. The van der Waals surface area contributed by atoms with E-state index in [9.17, 15) is 4.79 Å². The van der Waals surface area contributed by atoms with Gasteiger partial charge in [-0.15, -0.1) is 0 Å². The van der Waals surface area contributed by atoms with Gasteiger partial charge in [0.1, 0.15) is 0 Å². The Morgan fingerprint density at radius 3 is 3.21 bits per heavy atom. The third-order valence-electron chi connectivity index (χ3n) is 3.21. The van der Waals surface area contributed by atoms with Crippen LogP contribution >= 0.6 is 0 Å². The van der Waals surface area contributed by atoms with Crippen LogP contribution in [-0.2, 0) is 9.53 Å². The first-order chi connectivity index (χ1) is 6.83. The predicted octanol–water partition coefficient (Wildman–Crippen LogP) is 1.81. The number of carbonyl (C=O) groups is 1. The van der Waals surface area contributed by atoms with Crippen LogP contribution in [0, 0.1) is 11.8 Å². The fourth-order valence-corrected chi connectivity index (χ4v) is 2.56. The monoisotopic (exact) mass is 195 g/mol. The van der Waals surface area contributed by atoms with E-state index in [0.717, 1.165) is 25.8 Å². The summed E-state index contributed by atoms with van der Waals surface area (Å²) in [5, 5.41) is 0. The van der Waals surface area contributed by atoms with Gasteiger partial charge < -0.3 is 4.74 Å². The molecule has 0 amide bonds. The molecule has 1 aliphatic heterocycles. The molecule has 1 fully saturated rings. The lowest BCUT2D eigenvalue weighted by Crippen LogP contribution is -2.32. The summed E-state index contributed by atoms with van der Waals surface area (Å²) in [5.41, 5.74) is 1.27. The summed E-state index contributed by atoms with van der Waals surface area (Å²) in [6.45, 7) is 3.17. The maximum Gasteiger partial charge on any atom is 0.309 e. The topological polar surface area (TPSA) is 38.7 Å². The number of hydrogen-bond donors (Lipinski definition) is 0. The Morgan fingerprint density at radius 2 is 2.43 bits per heavy atom. The van der Waals surface area contributed by atoms with Gasteiger partial charge in [-0.25, -0.2) is 0 Å². The zero-order valence-electron chi connectivity index (χ0n) is 8.66. The first-order valence-electron chi connectivity index (χ1n) is 5.52. The molecule has 78 valence electrons. The zero-order valence-corrected chi connectivity index (χ0v) is 8.66. The van der Waals surface area contributed by atoms with E-state index in [1.807, 2.05) is 6.92 Å². The van der Waals surface area contributed by atoms with Crippen molar-refractivity contribution >= 4 is 11.7 Å². The third-order valence-corrected chi connectivity index (χ3v) is 3.21. The van der Waals surface area contributed by atoms with Crippen molar-refractivity contribution < 1.29 is 9.53 Å². The number of nitrogens with zero attached hydrogens (tertiary/aromatic N) is 1. The van der Waals surface area contributed by atoms with Crippen molar-refractivity contribution in [3.63, 3.8) is 0 Å². The van der Waals surface area contributed by atoms with Crippen LogP contribution < -0.4 is 0 Å². The average Bonchev–Trinajstić information content (AvgIpc) is 2.65. The molecule has 0 bridgehead atoms. The lowest BCUT2D eigenvalue weighted by atomic mass is 9.85. The van der Waals surface area contributed by atoms with Crippen molar-refractivity contribution in [2.75, 3.05) is 13.2 Å². The summed E-state index contributed by atoms with van der Waals surface area (Å²) in [6, 6.07) is 0. The van der Waals surface area contributed by atoms with Crippen LogP contribution in [0.4, 0.5) is 0 Å². The summed E-state index contributed by atoms with van der Waals surface area (Å²) in [7, 11) is 0. The minimum absolute atomic E-state index is 0.00759. The molecule has 3 nitrogen and oxygen atoms in total. The van der Waals surface area contributed by atoms with Crippen molar-refractivity contribution in [2.24, 2.45) is 16.8 Å². The smallest absolute Gasteiger partial charge is 0.309 e. The van der Waals surface area contributed by atoms with Crippen molar-refractivity contribution in [1.82, 2.24) is 0 Å². The van der Waals surface area contributed by atoms with E-state index in [4.69, 9.17) is 4.74 Å². The average molecular weight is 195 g/mol. The summed E-state index contributed by atoms with van der Waals surface area (Å²) >= 11 is 0. The van der Waals surface area contributed by atoms with E-state index < -0.39 is 0 Å². The van der Waals surface area contributed by atoms with Gasteiger partial charge in [-0.3, -0.25) is 9.79 Å². The molecule has 2 atom stereocenters. The number of fused-ring (bicyclic) bond motifs is 1. The van der Waals surface area contributed by atoms with Crippen LogP contribution in [0.1, 0.15) is 32.6 Å². The Hall–Kier alpha value is -0.860. The number of aliphatic imine (C=N–C) groups is 1. The summed E-state index contributed by atoms with van der Waals surface area (Å²) < 4.78 is 5.10. The number of carbonyl (C=O) groups excluding carboxylic acids is 1. The molecule has 1 heterocycles. The van der Waals surface area contributed by atoms with Crippen LogP contribution in [0.3, 0.4) is 0 Å². The molecule has 0 spiro atoms. The zero-order chi connectivity index (χ0) is 9.97. The Labute approximate surface area is 84.5 Å². The fourth-order valence-electron chi connectivity index (χ4n) is 2.56. The van der Waals surface area contributed by atoms with Crippen LogP contribution in [0.15, 0.2) is 4.99 Å². The third kappa shape index (κ3) is 1.68. The Kier molecular flexibility index (Phi) is 2.85. The molecular formula is C11H17NO2. The summed E-state index contributed by atoms with van der Waals surface area (Å²) in [6.07, 6.45) is 4.30. The van der Waals surface area contributed by atoms with Crippen LogP contribution in [-0.4, -0.2) is 24.8 Å². The Balaban J connectivity index is 2.06. The molecule has 0 N–H and O–H groups in total. The molecular weight excluding hydrogens is 178 g/mol. The largest absolute Gasteiger partial charge is 0.466 e. The molecule has 0 aromatic heterocycles. The second kappa shape index (κ2) is 4.11. The lowest BCUT2D eigenvalue weighted by molar-refractivity contribution is -0.149. The molecule has 3 heteroatoms. The highest BCUT2D eigenvalue weighted by Gasteiger charge is 2.37. The van der Waals surface area contributed by atoms with Crippen molar-refractivity contribution in [2.45, 2.75) is 32.6 Å². The van der Waals surface area contributed by atoms with Crippen LogP contribution in [0.5, 0.6) is 0 Å². The molecule has 0 aromatic rings. The maximum absolute atomic E-state index is 11.7. The first-order valence-corrected chi connectivity index (χ1v) is 5.52. The van der Waals surface area contributed by atoms with Gasteiger partial charge in [0.05, 0.1) is 12.5 Å². The van der Waals surface area contributed by atoms with Crippen LogP contribution in [0.2, 0.25) is 0 Å². The van der Waals surface area contributed by atoms with Gasteiger partial charge in [0.15, 0.2) is 0 Å². The highest BCUT2D eigenvalue weighted by atomic mass is 16.5. The van der Waals surface area contributed by atoms with Gasteiger partial charge in [0.2, 0.25) is 0 Å².